The van der Waals surface area contributed by atoms with Gasteiger partial charge in [0, 0.05) is 4.83 Å². The molecular formula is C20H24Br2O3. The Balaban J connectivity index is 2.04. The van der Waals surface area contributed by atoms with Crippen LogP contribution in [0.2, 0.25) is 0 Å². The number of ketones is 2. The van der Waals surface area contributed by atoms with E-state index in [2.05, 4.69) is 58.7 Å². The Bertz CT molecular complexity index is 763. The molecule has 2 bridgehead atoms. The van der Waals surface area contributed by atoms with Gasteiger partial charge in [0.05, 0.1) is 5.92 Å². The largest absolute Gasteiger partial charge is 0.353 e. The van der Waals surface area contributed by atoms with Crippen molar-refractivity contribution in [2.75, 3.05) is 0 Å². The number of carbonyl (C=O) groups is 2. The zero-order valence-corrected chi connectivity index (χ0v) is 18.5. The van der Waals surface area contributed by atoms with Crippen LogP contribution in [-0.2, 0) is 14.3 Å². The molecule has 6 atom stereocenters. The topological polar surface area (TPSA) is 43.4 Å². The van der Waals surface area contributed by atoms with Crippen LogP contribution in [0.5, 0.6) is 0 Å². The average molecular weight is 472 g/mol. The predicted molar refractivity (Wildman–Crippen MR) is 104 cm³/mol. The molecule has 4 aliphatic rings. The third-order valence-corrected chi connectivity index (χ3v) is 9.59. The summed E-state index contributed by atoms with van der Waals surface area (Å²) in [7, 11) is 0. The van der Waals surface area contributed by atoms with Crippen LogP contribution in [0.4, 0.5) is 0 Å². The molecule has 1 saturated heterocycles. The number of Topliss-reactive ketones (excluding diaryl/α,β-unsaturated/α-hetero) is 2. The fourth-order valence-electron chi connectivity index (χ4n) is 5.61. The Morgan fingerprint density at radius 2 is 1.88 bits per heavy atom. The molecule has 0 unspecified atom stereocenters. The molecule has 0 aromatic carbocycles. The molecule has 0 aromatic heterocycles. The summed E-state index contributed by atoms with van der Waals surface area (Å²) in [6.45, 7) is 10.2. The first kappa shape index (κ1) is 18.1. The maximum atomic E-state index is 13.7. The van der Waals surface area contributed by atoms with Gasteiger partial charge >= 0.3 is 0 Å². The highest BCUT2D eigenvalue weighted by Crippen LogP contribution is 2.67. The quantitative estimate of drug-likeness (QED) is 0.487. The summed E-state index contributed by atoms with van der Waals surface area (Å²) in [5.74, 6) is 0.0183. The van der Waals surface area contributed by atoms with Gasteiger partial charge in [0.25, 0.3) is 0 Å². The second kappa shape index (κ2) is 4.96. The predicted octanol–water partition coefficient (Wildman–Crippen LogP) is 4.52. The van der Waals surface area contributed by atoms with Crippen molar-refractivity contribution in [1.82, 2.24) is 0 Å². The minimum absolute atomic E-state index is 0.0416. The van der Waals surface area contributed by atoms with E-state index in [0.29, 0.717) is 12.8 Å². The number of halogens is 2. The molecule has 0 amide bonds. The van der Waals surface area contributed by atoms with Crippen molar-refractivity contribution >= 4 is 43.4 Å². The van der Waals surface area contributed by atoms with Gasteiger partial charge in [0.15, 0.2) is 17.2 Å². The maximum absolute atomic E-state index is 13.7. The van der Waals surface area contributed by atoms with E-state index in [-0.39, 0.29) is 33.6 Å². The normalized spacial score (nSPS) is 52.8. The minimum Gasteiger partial charge on any atom is -0.353 e. The van der Waals surface area contributed by atoms with Crippen molar-refractivity contribution < 1.29 is 14.3 Å². The lowest BCUT2D eigenvalue weighted by molar-refractivity contribution is -0.146. The second-order valence-electron chi connectivity index (χ2n) is 9.19. The minimum atomic E-state index is -0.926. The smallest absolute Gasteiger partial charge is 0.188 e. The number of rotatable bonds is 0. The van der Waals surface area contributed by atoms with Crippen molar-refractivity contribution in [2.24, 2.45) is 17.3 Å². The molecule has 136 valence electrons. The van der Waals surface area contributed by atoms with Crippen LogP contribution in [0.25, 0.3) is 0 Å². The molecule has 2 aliphatic carbocycles. The Hall–Kier alpha value is -0.260. The average Bonchev–Trinajstić information content (AvgIpc) is 2.95. The molecule has 2 spiro atoms. The summed E-state index contributed by atoms with van der Waals surface area (Å²) < 4.78 is 5.90. The first-order valence-electron chi connectivity index (χ1n) is 8.92. The molecule has 0 radical (unpaired) electrons. The Morgan fingerprint density at radius 1 is 1.24 bits per heavy atom. The number of hydrogen-bond acceptors (Lipinski definition) is 3. The summed E-state index contributed by atoms with van der Waals surface area (Å²) in [5.41, 5.74) is -0.321. The van der Waals surface area contributed by atoms with Crippen molar-refractivity contribution in [2.45, 2.75) is 67.8 Å². The molecule has 3 nitrogen and oxygen atoms in total. The third-order valence-electron chi connectivity index (χ3n) is 6.79. The molecule has 25 heavy (non-hydrogen) atoms. The van der Waals surface area contributed by atoms with Crippen LogP contribution in [0.15, 0.2) is 23.3 Å². The molecule has 0 N–H and O–H groups in total. The molecule has 5 heteroatoms. The highest BCUT2D eigenvalue weighted by atomic mass is 79.9. The Kier molecular flexibility index (Phi) is 3.60. The first-order chi connectivity index (χ1) is 11.4. The maximum Gasteiger partial charge on any atom is 0.188 e. The molecule has 2 heterocycles. The summed E-state index contributed by atoms with van der Waals surface area (Å²) in [6, 6.07) is 0. The van der Waals surface area contributed by atoms with Crippen LogP contribution in [-0.4, -0.2) is 31.9 Å². The van der Waals surface area contributed by atoms with E-state index in [4.69, 9.17) is 4.74 Å². The van der Waals surface area contributed by atoms with E-state index >= 15 is 0 Å². The van der Waals surface area contributed by atoms with Crippen molar-refractivity contribution in [3.05, 3.63) is 23.3 Å². The van der Waals surface area contributed by atoms with Crippen molar-refractivity contribution in [3.8, 4) is 0 Å². The van der Waals surface area contributed by atoms with Crippen molar-refractivity contribution in [3.63, 3.8) is 0 Å². The van der Waals surface area contributed by atoms with Gasteiger partial charge in [-0.3, -0.25) is 9.59 Å². The van der Waals surface area contributed by atoms with Gasteiger partial charge in [0.1, 0.15) is 9.93 Å². The molecular weight excluding hydrogens is 448 g/mol. The molecule has 2 aliphatic heterocycles. The number of ether oxygens (including phenoxy) is 1. The number of hydrogen-bond donors (Lipinski definition) is 0. The van der Waals surface area contributed by atoms with Gasteiger partial charge in [-0.25, -0.2) is 0 Å². The molecule has 4 rings (SSSR count). The number of allylic oxidation sites excluding steroid dienone is 2. The van der Waals surface area contributed by atoms with Crippen LogP contribution in [0.3, 0.4) is 0 Å². The van der Waals surface area contributed by atoms with Crippen LogP contribution in [0.1, 0.15) is 47.5 Å². The lowest BCUT2D eigenvalue weighted by Gasteiger charge is -2.40. The number of carbonyl (C=O) groups excluding carboxylic acids is 2. The van der Waals surface area contributed by atoms with Gasteiger partial charge < -0.3 is 4.74 Å². The highest BCUT2D eigenvalue weighted by Gasteiger charge is 2.78. The van der Waals surface area contributed by atoms with Gasteiger partial charge in [0.2, 0.25) is 0 Å². The highest BCUT2D eigenvalue weighted by molar-refractivity contribution is 9.10. The SMILES string of the molecule is C/C1=C/C2=C[C@H](C)C[C@@]23O[C@]2(CC(C)(C)[C@@H](Br)[C@@H]2C1=O)[C@](C)(Br)C3=O. The first-order valence-corrected chi connectivity index (χ1v) is 10.6. The van der Waals surface area contributed by atoms with Gasteiger partial charge in [-0.2, -0.15) is 0 Å². The second-order valence-corrected chi connectivity index (χ2v) is 11.8. The summed E-state index contributed by atoms with van der Waals surface area (Å²) in [4.78, 5) is 27.0. The summed E-state index contributed by atoms with van der Waals surface area (Å²) in [6.07, 6.45) is 5.31. The Morgan fingerprint density at radius 3 is 2.52 bits per heavy atom. The van der Waals surface area contributed by atoms with Crippen LogP contribution in [0, 0.1) is 17.3 Å². The van der Waals surface area contributed by atoms with Gasteiger partial charge in [-0.1, -0.05) is 58.7 Å². The molecule has 0 aromatic rings. The van der Waals surface area contributed by atoms with Crippen LogP contribution >= 0.6 is 31.9 Å². The van der Waals surface area contributed by atoms with Crippen LogP contribution < -0.4 is 0 Å². The lowest BCUT2D eigenvalue weighted by atomic mass is 9.75. The monoisotopic (exact) mass is 470 g/mol. The zero-order valence-electron chi connectivity index (χ0n) is 15.3. The van der Waals surface area contributed by atoms with E-state index in [1.165, 1.54) is 0 Å². The van der Waals surface area contributed by atoms with Gasteiger partial charge in [-0.05, 0) is 55.2 Å². The zero-order chi connectivity index (χ0) is 18.6. The van der Waals surface area contributed by atoms with Gasteiger partial charge in [-0.15, -0.1) is 0 Å². The van der Waals surface area contributed by atoms with E-state index < -0.39 is 15.5 Å². The summed E-state index contributed by atoms with van der Waals surface area (Å²) in [5, 5.41) is 0. The fraction of sp³-hybridized carbons (Fsp3) is 0.700. The van der Waals surface area contributed by atoms with E-state index in [1.54, 1.807) is 0 Å². The van der Waals surface area contributed by atoms with E-state index in [0.717, 1.165) is 11.1 Å². The van der Waals surface area contributed by atoms with Crippen molar-refractivity contribution in [1.29, 1.82) is 0 Å². The lowest BCUT2D eigenvalue weighted by Crippen LogP contribution is -2.54. The van der Waals surface area contributed by atoms with E-state index in [9.17, 15) is 9.59 Å². The fourth-order valence-corrected chi connectivity index (χ4v) is 7.23. The Labute approximate surface area is 165 Å². The number of alkyl halides is 2. The molecule has 2 fully saturated rings. The standard InChI is InChI=1S/C20H24Br2O3/c1-10-6-12-7-11(2)14(23)13-15(21)17(3,4)9-20(13)18(5,22)16(24)19(12,8-10)25-20/h6-7,10,13,15H,8-9H2,1-5H3/b11-7-/t10-,13-,15-,18+,19+,20-/m0/s1. The molecule has 1 saturated carbocycles. The summed E-state index contributed by atoms with van der Waals surface area (Å²) >= 11 is 7.57. The van der Waals surface area contributed by atoms with E-state index in [1.807, 2.05) is 19.9 Å². The third kappa shape index (κ3) is 1.96.